The van der Waals surface area contributed by atoms with Gasteiger partial charge in [0.05, 0.1) is 0 Å². The number of nitrogens with one attached hydrogen (secondary N) is 1. The van der Waals surface area contributed by atoms with Crippen LogP contribution in [0.15, 0.2) is 0 Å². The molecule has 0 bridgehead atoms. The van der Waals surface area contributed by atoms with Gasteiger partial charge < -0.3 is 5.11 Å². The zero-order valence-electron chi connectivity index (χ0n) is 15.0. The van der Waals surface area contributed by atoms with E-state index in [2.05, 4.69) is 53.8 Å². The Morgan fingerprint density at radius 1 is 1.25 bits per heavy atom. The average molecular weight is 284 g/mol. The van der Waals surface area contributed by atoms with Crippen molar-refractivity contribution in [2.24, 2.45) is 23.2 Å². The molecule has 0 aromatic heterocycles. The zero-order valence-corrected chi connectivity index (χ0v) is 15.0. The molecule has 20 heavy (non-hydrogen) atoms. The van der Waals surface area contributed by atoms with E-state index >= 15 is 0 Å². The number of hydrogen-bond donors (Lipinski definition) is 2. The van der Waals surface area contributed by atoms with Crippen LogP contribution >= 0.6 is 0 Å². The smallest absolute Gasteiger partial charge is 0.119 e. The van der Waals surface area contributed by atoms with Crippen LogP contribution in [0.4, 0.5) is 0 Å². The Morgan fingerprint density at radius 3 is 2.15 bits per heavy atom. The van der Waals surface area contributed by atoms with Gasteiger partial charge in [-0.1, -0.05) is 41.0 Å². The summed E-state index contributed by atoms with van der Waals surface area (Å²) in [6, 6.07) is 0. The van der Waals surface area contributed by atoms with Gasteiger partial charge in [-0.3, -0.25) is 5.32 Å². The number of aliphatic hydroxyl groups is 1. The van der Waals surface area contributed by atoms with E-state index in [0.29, 0.717) is 5.92 Å². The maximum atomic E-state index is 10.8. The first kappa shape index (κ1) is 18.0. The van der Waals surface area contributed by atoms with Gasteiger partial charge in [-0.25, -0.2) is 0 Å². The molecule has 0 spiro atoms. The van der Waals surface area contributed by atoms with Crippen molar-refractivity contribution < 1.29 is 5.11 Å². The van der Waals surface area contributed by atoms with Gasteiger partial charge in [-0.15, -0.1) is 0 Å². The molecular formula is C18H37NO. The Balaban J connectivity index is 2.53. The normalized spacial score (nSPS) is 32.5. The summed E-state index contributed by atoms with van der Waals surface area (Å²) in [5.41, 5.74) is -0.751. The third kappa shape index (κ3) is 3.98. The summed E-state index contributed by atoms with van der Waals surface area (Å²) >= 11 is 0. The minimum atomic E-state index is -0.768. The molecule has 1 aliphatic rings. The van der Waals surface area contributed by atoms with Gasteiger partial charge in [0.2, 0.25) is 0 Å². The molecule has 0 radical (unpaired) electrons. The van der Waals surface area contributed by atoms with E-state index in [0.717, 1.165) is 24.7 Å². The van der Waals surface area contributed by atoms with Crippen molar-refractivity contribution in [2.75, 3.05) is 0 Å². The van der Waals surface area contributed by atoms with Gasteiger partial charge >= 0.3 is 0 Å². The summed E-state index contributed by atoms with van der Waals surface area (Å²) in [7, 11) is 0. The molecule has 2 N–H and O–H groups in total. The van der Waals surface area contributed by atoms with E-state index in [1.165, 1.54) is 12.8 Å². The minimum absolute atomic E-state index is 0.0173. The summed E-state index contributed by atoms with van der Waals surface area (Å²) < 4.78 is 0. The second-order valence-corrected chi connectivity index (χ2v) is 8.51. The van der Waals surface area contributed by atoms with Gasteiger partial charge in [0.1, 0.15) is 5.72 Å². The highest BCUT2D eigenvalue weighted by molar-refractivity contribution is 5.08. The van der Waals surface area contributed by atoms with Gasteiger partial charge in [-0.05, 0) is 57.8 Å². The fraction of sp³-hybridized carbons (Fsp3) is 1.00. The third-order valence-electron chi connectivity index (χ3n) is 6.19. The molecule has 120 valence electrons. The zero-order chi connectivity index (χ0) is 15.8. The van der Waals surface area contributed by atoms with Crippen LogP contribution in [-0.4, -0.2) is 16.4 Å². The first-order valence-corrected chi connectivity index (χ1v) is 8.47. The maximum Gasteiger partial charge on any atom is 0.119 e. The van der Waals surface area contributed by atoms with Crippen LogP contribution in [0.3, 0.4) is 0 Å². The van der Waals surface area contributed by atoms with E-state index in [1.807, 2.05) is 6.92 Å². The molecule has 1 rings (SSSR count). The molecule has 0 aromatic rings. The summed E-state index contributed by atoms with van der Waals surface area (Å²) in [6.07, 6.45) is 4.70. The molecule has 0 saturated heterocycles. The predicted octanol–water partition coefficient (Wildman–Crippen LogP) is 4.57. The monoisotopic (exact) mass is 283 g/mol. The minimum Gasteiger partial charge on any atom is -0.376 e. The van der Waals surface area contributed by atoms with Crippen molar-refractivity contribution in [3.05, 3.63) is 0 Å². The Kier molecular flexibility index (Phi) is 5.36. The lowest BCUT2D eigenvalue weighted by atomic mass is 9.83. The molecule has 0 amide bonds. The fourth-order valence-corrected chi connectivity index (χ4v) is 3.40. The van der Waals surface area contributed by atoms with Crippen molar-refractivity contribution in [3.8, 4) is 0 Å². The average Bonchev–Trinajstić information content (AvgIpc) is 2.94. The van der Waals surface area contributed by atoms with E-state index in [9.17, 15) is 5.11 Å². The molecule has 5 atom stereocenters. The molecular weight excluding hydrogens is 246 g/mol. The van der Waals surface area contributed by atoms with Crippen molar-refractivity contribution in [2.45, 2.75) is 92.3 Å². The van der Waals surface area contributed by atoms with Crippen LogP contribution in [0.1, 0.15) is 81.1 Å². The summed E-state index contributed by atoms with van der Waals surface area (Å²) in [6.45, 7) is 17.8. The summed E-state index contributed by atoms with van der Waals surface area (Å²) in [5, 5.41) is 14.4. The van der Waals surface area contributed by atoms with Gasteiger partial charge in [0.15, 0.2) is 0 Å². The van der Waals surface area contributed by atoms with Crippen LogP contribution in [0.25, 0.3) is 0 Å². The Morgan fingerprint density at radius 2 is 1.75 bits per heavy atom. The fourth-order valence-electron chi connectivity index (χ4n) is 3.40. The van der Waals surface area contributed by atoms with Crippen molar-refractivity contribution >= 4 is 0 Å². The second kappa shape index (κ2) is 5.96. The van der Waals surface area contributed by atoms with Crippen LogP contribution in [0.5, 0.6) is 0 Å². The van der Waals surface area contributed by atoms with Crippen molar-refractivity contribution in [1.29, 1.82) is 0 Å². The Bertz CT molecular complexity index is 323. The van der Waals surface area contributed by atoms with E-state index in [1.54, 1.807) is 0 Å². The molecule has 5 unspecified atom stereocenters. The lowest BCUT2D eigenvalue weighted by Crippen LogP contribution is -2.58. The molecule has 1 fully saturated rings. The molecule has 0 aliphatic heterocycles. The topological polar surface area (TPSA) is 32.3 Å². The van der Waals surface area contributed by atoms with Crippen LogP contribution in [-0.2, 0) is 0 Å². The standard InChI is InChI=1S/C18H37NO/c1-9-13(2)14(3)10-11-16(5,6)19-18(8,20)17(7)12-15(17)4/h13-15,19-20H,9-12H2,1-8H3. The van der Waals surface area contributed by atoms with Crippen LogP contribution in [0.2, 0.25) is 0 Å². The number of hydrogen-bond acceptors (Lipinski definition) is 2. The predicted molar refractivity (Wildman–Crippen MR) is 87.6 cm³/mol. The SMILES string of the molecule is CCC(C)C(C)CCC(C)(C)NC(C)(O)C1(C)CC1C. The van der Waals surface area contributed by atoms with Crippen LogP contribution in [0, 0.1) is 23.2 Å². The molecule has 1 aliphatic carbocycles. The third-order valence-corrected chi connectivity index (χ3v) is 6.19. The Hall–Kier alpha value is -0.0800. The molecule has 2 heteroatoms. The van der Waals surface area contributed by atoms with Crippen molar-refractivity contribution in [1.82, 2.24) is 5.32 Å². The van der Waals surface area contributed by atoms with Crippen LogP contribution < -0.4 is 5.32 Å². The summed E-state index contributed by atoms with van der Waals surface area (Å²) in [4.78, 5) is 0. The van der Waals surface area contributed by atoms with Gasteiger partial charge in [0.25, 0.3) is 0 Å². The van der Waals surface area contributed by atoms with Crippen molar-refractivity contribution in [3.63, 3.8) is 0 Å². The summed E-state index contributed by atoms with van der Waals surface area (Å²) in [5.74, 6) is 2.15. The van der Waals surface area contributed by atoms with Gasteiger partial charge in [-0.2, -0.15) is 0 Å². The first-order chi connectivity index (χ1) is 8.95. The largest absolute Gasteiger partial charge is 0.376 e. The lowest BCUT2D eigenvalue weighted by Gasteiger charge is -2.41. The second-order valence-electron chi connectivity index (χ2n) is 8.51. The van der Waals surface area contributed by atoms with E-state index in [4.69, 9.17) is 0 Å². The quantitative estimate of drug-likeness (QED) is 0.639. The Labute approximate surface area is 126 Å². The highest BCUT2D eigenvalue weighted by Crippen LogP contribution is 2.58. The molecule has 2 nitrogen and oxygen atoms in total. The highest BCUT2D eigenvalue weighted by Gasteiger charge is 2.59. The highest BCUT2D eigenvalue weighted by atomic mass is 16.3. The molecule has 0 aromatic carbocycles. The molecule has 0 heterocycles. The van der Waals surface area contributed by atoms with E-state index < -0.39 is 5.72 Å². The van der Waals surface area contributed by atoms with Gasteiger partial charge in [0, 0.05) is 11.0 Å². The number of rotatable bonds is 8. The lowest BCUT2D eigenvalue weighted by molar-refractivity contribution is -0.0678. The first-order valence-electron chi connectivity index (χ1n) is 8.47. The van der Waals surface area contributed by atoms with E-state index in [-0.39, 0.29) is 11.0 Å². The maximum absolute atomic E-state index is 10.8. The molecule has 1 saturated carbocycles.